The maximum atomic E-state index is 12.3. The van der Waals surface area contributed by atoms with Crippen LogP contribution in [0.3, 0.4) is 0 Å². The third kappa shape index (κ3) is 3.10. The van der Waals surface area contributed by atoms with Gasteiger partial charge >= 0.3 is 0 Å². The number of hydrogen-bond donors (Lipinski definition) is 1. The number of rotatable bonds is 5. The van der Waals surface area contributed by atoms with Crippen LogP contribution in [0.1, 0.15) is 26.2 Å². The maximum Gasteiger partial charge on any atom is 0.245 e. The average molecular weight is 266 g/mol. The molecule has 0 aromatic carbocycles. The Morgan fingerprint density at radius 2 is 2.37 bits per heavy atom. The van der Waals surface area contributed by atoms with E-state index in [-0.39, 0.29) is 24.3 Å². The molecular weight excluding hydrogens is 248 g/mol. The number of nitrogens with zero attached hydrogens (tertiary/aromatic N) is 3. The van der Waals surface area contributed by atoms with E-state index < -0.39 is 6.04 Å². The third-order valence-electron chi connectivity index (χ3n) is 3.44. The zero-order chi connectivity index (χ0) is 13.8. The van der Waals surface area contributed by atoms with Gasteiger partial charge in [-0.3, -0.25) is 9.59 Å². The monoisotopic (exact) mass is 266 g/mol. The summed E-state index contributed by atoms with van der Waals surface area (Å²) >= 11 is 0. The normalized spacial score (nSPS) is 21.4. The van der Waals surface area contributed by atoms with Crippen LogP contribution in [0.5, 0.6) is 0 Å². The standard InChI is InChI=1S/C12H18N4O3/c1-3-8(2)11-12(18)16(6-9(17)15-11)5-4-10-13-7-14-19-10/h7-8,11H,3-6H2,1-2H3,(H,15,17). The summed E-state index contributed by atoms with van der Waals surface area (Å²) in [7, 11) is 0. The molecule has 0 spiro atoms. The van der Waals surface area contributed by atoms with Gasteiger partial charge in [0.2, 0.25) is 17.7 Å². The zero-order valence-corrected chi connectivity index (χ0v) is 11.1. The molecule has 1 N–H and O–H groups in total. The van der Waals surface area contributed by atoms with Crippen LogP contribution in [0.4, 0.5) is 0 Å². The number of amides is 2. The summed E-state index contributed by atoms with van der Waals surface area (Å²) in [5, 5.41) is 6.27. The molecule has 0 aliphatic carbocycles. The summed E-state index contributed by atoms with van der Waals surface area (Å²) in [5.41, 5.74) is 0. The van der Waals surface area contributed by atoms with Gasteiger partial charge < -0.3 is 14.7 Å². The van der Waals surface area contributed by atoms with E-state index in [4.69, 9.17) is 4.52 Å². The predicted octanol–water partition coefficient (Wildman–Crippen LogP) is -0.0148. The van der Waals surface area contributed by atoms with Crippen LogP contribution in [-0.2, 0) is 16.0 Å². The molecule has 1 aliphatic rings. The van der Waals surface area contributed by atoms with Gasteiger partial charge in [-0.2, -0.15) is 4.98 Å². The van der Waals surface area contributed by atoms with Crippen molar-refractivity contribution >= 4 is 11.8 Å². The van der Waals surface area contributed by atoms with Crippen molar-refractivity contribution in [2.45, 2.75) is 32.7 Å². The first-order valence-corrected chi connectivity index (χ1v) is 6.45. The van der Waals surface area contributed by atoms with Crippen molar-refractivity contribution in [1.29, 1.82) is 0 Å². The van der Waals surface area contributed by atoms with Crippen LogP contribution < -0.4 is 5.32 Å². The lowest BCUT2D eigenvalue weighted by molar-refractivity contribution is -0.145. The Kier molecular flexibility index (Phi) is 4.13. The van der Waals surface area contributed by atoms with E-state index in [2.05, 4.69) is 15.5 Å². The molecule has 1 aliphatic heterocycles. The number of piperazine rings is 1. The first kappa shape index (κ1) is 13.5. The number of nitrogens with one attached hydrogen (secondary N) is 1. The molecule has 2 heterocycles. The summed E-state index contributed by atoms with van der Waals surface area (Å²) in [6.45, 7) is 4.48. The zero-order valence-electron chi connectivity index (χ0n) is 11.1. The molecule has 2 amide bonds. The van der Waals surface area contributed by atoms with Crippen molar-refractivity contribution in [3.8, 4) is 0 Å². The lowest BCUT2D eigenvalue weighted by atomic mass is 9.96. The molecule has 2 atom stereocenters. The molecule has 7 nitrogen and oxygen atoms in total. The maximum absolute atomic E-state index is 12.3. The van der Waals surface area contributed by atoms with E-state index in [0.717, 1.165) is 6.42 Å². The molecule has 0 saturated carbocycles. The van der Waals surface area contributed by atoms with Crippen molar-refractivity contribution in [2.75, 3.05) is 13.1 Å². The lowest BCUT2D eigenvalue weighted by Gasteiger charge is -2.34. The molecule has 1 fully saturated rings. The van der Waals surface area contributed by atoms with Gasteiger partial charge in [0.25, 0.3) is 0 Å². The van der Waals surface area contributed by atoms with Crippen LogP contribution in [0.2, 0.25) is 0 Å². The largest absolute Gasteiger partial charge is 0.342 e. The van der Waals surface area contributed by atoms with Gasteiger partial charge in [-0.25, -0.2) is 0 Å². The van der Waals surface area contributed by atoms with E-state index >= 15 is 0 Å². The molecule has 104 valence electrons. The van der Waals surface area contributed by atoms with Crippen molar-refractivity contribution in [3.63, 3.8) is 0 Å². The second-order valence-electron chi connectivity index (χ2n) is 4.78. The van der Waals surface area contributed by atoms with Gasteiger partial charge in [-0.05, 0) is 5.92 Å². The lowest BCUT2D eigenvalue weighted by Crippen LogP contribution is -2.60. The highest BCUT2D eigenvalue weighted by molar-refractivity contribution is 5.95. The summed E-state index contributed by atoms with van der Waals surface area (Å²) in [6.07, 6.45) is 2.63. The molecule has 0 bridgehead atoms. The van der Waals surface area contributed by atoms with Gasteiger partial charge in [0.05, 0.1) is 6.54 Å². The van der Waals surface area contributed by atoms with Gasteiger partial charge in [-0.15, -0.1) is 0 Å². The topological polar surface area (TPSA) is 88.3 Å². The molecule has 19 heavy (non-hydrogen) atoms. The number of carbonyl (C=O) groups is 2. The SMILES string of the molecule is CCC(C)C1NC(=O)CN(CCc2ncno2)C1=O. The number of hydrogen-bond acceptors (Lipinski definition) is 5. The summed E-state index contributed by atoms with van der Waals surface area (Å²) < 4.78 is 4.88. The van der Waals surface area contributed by atoms with Crippen molar-refractivity contribution in [1.82, 2.24) is 20.4 Å². The fraction of sp³-hybridized carbons (Fsp3) is 0.667. The Morgan fingerprint density at radius 1 is 1.58 bits per heavy atom. The van der Waals surface area contributed by atoms with Crippen LogP contribution >= 0.6 is 0 Å². The van der Waals surface area contributed by atoms with Gasteiger partial charge in [0.1, 0.15) is 6.04 Å². The number of aromatic nitrogens is 2. The average Bonchev–Trinajstić information content (AvgIpc) is 2.91. The Hall–Kier alpha value is -1.92. The minimum absolute atomic E-state index is 0.0338. The molecule has 1 aromatic heterocycles. The molecule has 7 heteroatoms. The summed E-state index contributed by atoms with van der Waals surface area (Å²) in [6, 6.07) is -0.422. The Labute approximate surface area is 111 Å². The van der Waals surface area contributed by atoms with E-state index in [1.807, 2.05) is 13.8 Å². The molecule has 1 saturated heterocycles. The van der Waals surface area contributed by atoms with Gasteiger partial charge in [0, 0.05) is 13.0 Å². The van der Waals surface area contributed by atoms with Crippen molar-refractivity contribution in [2.24, 2.45) is 5.92 Å². The molecule has 2 rings (SSSR count). The quantitative estimate of drug-likeness (QED) is 0.809. The number of carbonyl (C=O) groups excluding carboxylic acids is 2. The van der Waals surface area contributed by atoms with E-state index in [1.165, 1.54) is 6.33 Å². The smallest absolute Gasteiger partial charge is 0.245 e. The molecule has 2 unspecified atom stereocenters. The molecule has 1 aromatic rings. The third-order valence-corrected chi connectivity index (χ3v) is 3.44. The van der Waals surface area contributed by atoms with Crippen LogP contribution in [-0.4, -0.2) is 46.0 Å². The predicted molar refractivity (Wildman–Crippen MR) is 66.0 cm³/mol. The van der Waals surface area contributed by atoms with Crippen molar-refractivity contribution in [3.05, 3.63) is 12.2 Å². The first-order valence-electron chi connectivity index (χ1n) is 6.45. The highest BCUT2D eigenvalue weighted by Gasteiger charge is 2.35. The minimum Gasteiger partial charge on any atom is -0.342 e. The van der Waals surface area contributed by atoms with Gasteiger partial charge in [0.15, 0.2) is 6.33 Å². The highest BCUT2D eigenvalue weighted by Crippen LogP contribution is 2.14. The van der Waals surface area contributed by atoms with E-state index in [9.17, 15) is 9.59 Å². The molecular formula is C12H18N4O3. The second kappa shape index (κ2) is 5.81. The Morgan fingerprint density at radius 3 is 3.00 bits per heavy atom. The Balaban J connectivity index is 1.99. The van der Waals surface area contributed by atoms with E-state index in [1.54, 1.807) is 4.90 Å². The van der Waals surface area contributed by atoms with Crippen molar-refractivity contribution < 1.29 is 14.1 Å². The van der Waals surface area contributed by atoms with Crippen LogP contribution in [0, 0.1) is 5.92 Å². The minimum atomic E-state index is -0.422. The molecule has 0 radical (unpaired) electrons. The fourth-order valence-electron chi connectivity index (χ4n) is 2.08. The van der Waals surface area contributed by atoms with Crippen LogP contribution in [0.15, 0.2) is 10.9 Å². The fourth-order valence-corrected chi connectivity index (χ4v) is 2.08. The van der Waals surface area contributed by atoms with Crippen LogP contribution in [0.25, 0.3) is 0 Å². The first-order chi connectivity index (χ1) is 9.11. The summed E-state index contributed by atoms with van der Waals surface area (Å²) in [5.74, 6) is 0.449. The van der Waals surface area contributed by atoms with E-state index in [0.29, 0.717) is 18.9 Å². The summed E-state index contributed by atoms with van der Waals surface area (Å²) in [4.78, 5) is 29.4. The van der Waals surface area contributed by atoms with Gasteiger partial charge in [-0.1, -0.05) is 25.4 Å². The Bertz CT molecular complexity index is 446. The second-order valence-corrected chi connectivity index (χ2v) is 4.78. The highest BCUT2D eigenvalue weighted by atomic mass is 16.5.